The number of rotatable bonds is 7. The third kappa shape index (κ3) is 5.04. The van der Waals surface area contributed by atoms with Crippen molar-refractivity contribution in [1.29, 1.82) is 0 Å². The minimum Gasteiger partial charge on any atom is -0.469 e. The summed E-state index contributed by atoms with van der Waals surface area (Å²) in [5.41, 5.74) is 0. The fourth-order valence-corrected chi connectivity index (χ4v) is 1.62. The highest BCUT2D eigenvalue weighted by molar-refractivity contribution is 5.01. The highest BCUT2D eigenvalue weighted by Crippen LogP contribution is 2.07. The van der Waals surface area contributed by atoms with Gasteiger partial charge in [0, 0.05) is 18.9 Å². The summed E-state index contributed by atoms with van der Waals surface area (Å²) in [6.07, 6.45) is 5.89. The molecule has 1 N–H and O–H groups in total. The molecule has 16 heavy (non-hydrogen) atoms. The van der Waals surface area contributed by atoms with Crippen molar-refractivity contribution < 1.29 is 4.42 Å². The molecule has 0 spiro atoms. The first kappa shape index (κ1) is 12.9. The Morgan fingerprint density at radius 2 is 2.38 bits per heavy atom. The maximum absolute atomic E-state index is 5.33. The number of aryl methyl sites for hydroxylation is 1. The van der Waals surface area contributed by atoms with E-state index < -0.39 is 0 Å². The van der Waals surface area contributed by atoms with E-state index in [0.717, 1.165) is 38.0 Å². The highest BCUT2D eigenvalue weighted by atomic mass is 16.3. The Morgan fingerprint density at radius 3 is 3.00 bits per heavy atom. The molecule has 1 aromatic heterocycles. The van der Waals surface area contributed by atoms with Crippen LogP contribution < -0.4 is 5.32 Å². The standard InChI is InChI=1S/C14H21NO/c1-3-5-7-13(15-11-4-2)9-10-14-8-6-12-16-14/h6,8,12-13,15H,4,7,9-11H2,1-2H3. The topological polar surface area (TPSA) is 25.2 Å². The number of hydrogen-bond acceptors (Lipinski definition) is 2. The van der Waals surface area contributed by atoms with E-state index in [2.05, 4.69) is 24.1 Å². The summed E-state index contributed by atoms with van der Waals surface area (Å²) < 4.78 is 5.33. The van der Waals surface area contributed by atoms with Crippen molar-refractivity contribution >= 4 is 0 Å². The van der Waals surface area contributed by atoms with Crippen LogP contribution >= 0.6 is 0 Å². The maximum Gasteiger partial charge on any atom is 0.103 e. The van der Waals surface area contributed by atoms with Crippen LogP contribution in [-0.4, -0.2) is 12.6 Å². The fourth-order valence-electron chi connectivity index (χ4n) is 1.62. The van der Waals surface area contributed by atoms with Gasteiger partial charge in [-0.2, -0.15) is 0 Å². The molecule has 1 rings (SSSR count). The summed E-state index contributed by atoms with van der Waals surface area (Å²) in [5.74, 6) is 7.16. The zero-order chi connectivity index (χ0) is 11.6. The Bertz CT molecular complexity index is 318. The van der Waals surface area contributed by atoms with Gasteiger partial charge in [-0.15, -0.1) is 11.8 Å². The van der Waals surface area contributed by atoms with Crippen molar-refractivity contribution in [1.82, 2.24) is 5.32 Å². The lowest BCUT2D eigenvalue weighted by Gasteiger charge is -2.14. The minimum atomic E-state index is 0.484. The van der Waals surface area contributed by atoms with Gasteiger partial charge in [-0.1, -0.05) is 6.92 Å². The van der Waals surface area contributed by atoms with Gasteiger partial charge in [-0.25, -0.2) is 0 Å². The van der Waals surface area contributed by atoms with Gasteiger partial charge in [0.1, 0.15) is 5.76 Å². The predicted octanol–water partition coefficient (Wildman–Crippen LogP) is 2.99. The molecule has 0 saturated carbocycles. The minimum absolute atomic E-state index is 0.484. The summed E-state index contributed by atoms with van der Waals surface area (Å²) in [4.78, 5) is 0. The molecular weight excluding hydrogens is 198 g/mol. The second-order valence-electron chi connectivity index (χ2n) is 3.90. The molecule has 0 aliphatic carbocycles. The average molecular weight is 219 g/mol. The van der Waals surface area contributed by atoms with Crippen LogP contribution in [0.4, 0.5) is 0 Å². The second kappa shape index (κ2) is 8.01. The molecule has 0 aliphatic heterocycles. The summed E-state index contributed by atoms with van der Waals surface area (Å²) >= 11 is 0. The molecule has 2 nitrogen and oxygen atoms in total. The molecule has 1 atom stereocenters. The summed E-state index contributed by atoms with van der Waals surface area (Å²) in [5, 5.41) is 3.52. The van der Waals surface area contributed by atoms with Crippen molar-refractivity contribution in [3.05, 3.63) is 24.2 Å². The summed E-state index contributed by atoms with van der Waals surface area (Å²) in [7, 11) is 0. The van der Waals surface area contributed by atoms with E-state index in [9.17, 15) is 0 Å². The van der Waals surface area contributed by atoms with Crippen LogP contribution in [0.2, 0.25) is 0 Å². The van der Waals surface area contributed by atoms with E-state index in [1.54, 1.807) is 6.26 Å². The molecule has 0 bridgehead atoms. The number of nitrogens with one attached hydrogen (secondary N) is 1. The fraction of sp³-hybridized carbons (Fsp3) is 0.571. The molecule has 0 aliphatic rings. The Balaban J connectivity index is 2.32. The summed E-state index contributed by atoms with van der Waals surface area (Å²) in [6.45, 7) is 5.14. The monoisotopic (exact) mass is 219 g/mol. The van der Waals surface area contributed by atoms with Crippen molar-refractivity contribution in [3.63, 3.8) is 0 Å². The number of hydrogen-bond donors (Lipinski definition) is 1. The molecular formula is C14H21NO. The molecule has 0 radical (unpaired) electrons. The SMILES string of the molecule is CC#CCC(CCc1ccco1)NCCC. The van der Waals surface area contributed by atoms with Crippen molar-refractivity contribution in [2.24, 2.45) is 0 Å². The van der Waals surface area contributed by atoms with Crippen molar-refractivity contribution in [2.75, 3.05) is 6.54 Å². The van der Waals surface area contributed by atoms with Gasteiger partial charge in [0.15, 0.2) is 0 Å². The molecule has 88 valence electrons. The maximum atomic E-state index is 5.33. The molecule has 0 amide bonds. The van der Waals surface area contributed by atoms with Gasteiger partial charge in [0.2, 0.25) is 0 Å². The average Bonchev–Trinajstić information content (AvgIpc) is 2.81. The van der Waals surface area contributed by atoms with E-state index in [0.29, 0.717) is 6.04 Å². The molecule has 1 heterocycles. The molecule has 2 heteroatoms. The van der Waals surface area contributed by atoms with Gasteiger partial charge in [-0.05, 0) is 38.4 Å². The van der Waals surface area contributed by atoms with Crippen LogP contribution in [0, 0.1) is 11.8 Å². The number of furan rings is 1. The third-order valence-electron chi connectivity index (χ3n) is 2.53. The first-order valence-corrected chi connectivity index (χ1v) is 6.02. The summed E-state index contributed by atoms with van der Waals surface area (Å²) in [6, 6.07) is 4.45. The first-order valence-electron chi connectivity index (χ1n) is 6.02. The van der Waals surface area contributed by atoms with Crippen LogP contribution in [0.25, 0.3) is 0 Å². The van der Waals surface area contributed by atoms with E-state index in [1.165, 1.54) is 0 Å². The largest absolute Gasteiger partial charge is 0.469 e. The third-order valence-corrected chi connectivity index (χ3v) is 2.53. The van der Waals surface area contributed by atoms with Gasteiger partial charge < -0.3 is 9.73 Å². The van der Waals surface area contributed by atoms with Crippen LogP contribution in [0.1, 0.15) is 38.9 Å². The van der Waals surface area contributed by atoms with Crippen LogP contribution in [0.5, 0.6) is 0 Å². The first-order chi connectivity index (χ1) is 7.86. The smallest absolute Gasteiger partial charge is 0.103 e. The van der Waals surface area contributed by atoms with Gasteiger partial charge in [0.25, 0.3) is 0 Å². The highest BCUT2D eigenvalue weighted by Gasteiger charge is 2.07. The molecule has 1 unspecified atom stereocenters. The zero-order valence-corrected chi connectivity index (χ0v) is 10.3. The quantitative estimate of drug-likeness (QED) is 0.713. The van der Waals surface area contributed by atoms with E-state index >= 15 is 0 Å². The van der Waals surface area contributed by atoms with E-state index in [-0.39, 0.29) is 0 Å². The lowest BCUT2D eigenvalue weighted by Crippen LogP contribution is -2.29. The Kier molecular flexibility index (Phi) is 6.44. The molecule has 1 aromatic rings. The Hall–Kier alpha value is -1.20. The second-order valence-corrected chi connectivity index (χ2v) is 3.90. The van der Waals surface area contributed by atoms with Gasteiger partial charge >= 0.3 is 0 Å². The van der Waals surface area contributed by atoms with Gasteiger partial charge in [-0.3, -0.25) is 0 Å². The molecule has 0 saturated heterocycles. The predicted molar refractivity (Wildman–Crippen MR) is 67.2 cm³/mol. The Labute approximate surface area is 98.4 Å². The Morgan fingerprint density at radius 1 is 1.50 bits per heavy atom. The zero-order valence-electron chi connectivity index (χ0n) is 10.3. The van der Waals surface area contributed by atoms with E-state index in [4.69, 9.17) is 4.42 Å². The van der Waals surface area contributed by atoms with Crippen LogP contribution in [0.3, 0.4) is 0 Å². The molecule has 0 fully saturated rings. The normalized spacial score (nSPS) is 11.9. The van der Waals surface area contributed by atoms with Gasteiger partial charge in [0.05, 0.1) is 6.26 Å². The van der Waals surface area contributed by atoms with Crippen molar-refractivity contribution in [3.8, 4) is 11.8 Å². The van der Waals surface area contributed by atoms with Crippen LogP contribution in [-0.2, 0) is 6.42 Å². The lowest BCUT2D eigenvalue weighted by atomic mass is 10.1. The van der Waals surface area contributed by atoms with Crippen molar-refractivity contribution in [2.45, 2.75) is 45.6 Å². The van der Waals surface area contributed by atoms with E-state index in [1.807, 2.05) is 19.1 Å². The molecule has 0 aromatic carbocycles. The lowest BCUT2D eigenvalue weighted by molar-refractivity contribution is 0.447. The van der Waals surface area contributed by atoms with Crippen LogP contribution in [0.15, 0.2) is 22.8 Å².